The van der Waals surface area contributed by atoms with Crippen LogP contribution in [0.1, 0.15) is 33.1 Å². The molecule has 1 amide bonds. The number of thioether (sulfide) groups is 1. The number of hydrogen-bond donors (Lipinski definition) is 2. The molecule has 1 saturated heterocycles. The zero-order valence-electron chi connectivity index (χ0n) is 18.3. The van der Waals surface area contributed by atoms with E-state index in [-0.39, 0.29) is 23.2 Å². The predicted octanol–water partition coefficient (Wildman–Crippen LogP) is 1.14. The van der Waals surface area contributed by atoms with Crippen LogP contribution >= 0.6 is 23.1 Å². The summed E-state index contributed by atoms with van der Waals surface area (Å²) in [6.45, 7) is 7.43. The van der Waals surface area contributed by atoms with Gasteiger partial charge >= 0.3 is 5.69 Å². The van der Waals surface area contributed by atoms with Gasteiger partial charge in [-0.05, 0) is 12.8 Å². The SMILES string of the molecule is CCCCN(C(=O)CSc1nnc(N2CCOCC2)s1)c1c(N)n(CCC)c(=O)[nH]c1=O. The van der Waals surface area contributed by atoms with E-state index < -0.39 is 11.2 Å². The first-order valence-corrected chi connectivity index (χ1v) is 12.5. The van der Waals surface area contributed by atoms with Crippen LogP contribution in [0.25, 0.3) is 0 Å². The molecule has 0 atom stereocenters. The van der Waals surface area contributed by atoms with Crippen LogP contribution in [-0.4, -0.2) is 64.3 Å². The number of carbonyl (C=O) groups is 1. The zero-order valence-corrected chi connectivity index (χ0v) is 20.0. The molecule has 13 heteroatoms. The monoisotopic (exact) mass is 483 g/mol. The summed E-state index contributed by atoms with van der Waals surface area (Å²) in [5.41, 5.74) is 4.99. The van der Waals surface area contributed by atoms with E-state index in [0.717, 1.165) is 24.6 Å². The van der Waals surface area contributed by atoms with Crippen LogP contribution in [0.4, 0.5) is 16.6 Å². The summed E-state index contributed by atoms with van der Waals surface area (Å²) in [5, 5.41) is 9.21. The summed E-state index contributed by atoms with van der Waals surface area (Å²) in [5.74, 6) is -0.182. The maximum atomic E-state index is 13.1. The molecule has 1 aliphatic rings. The molecule has 3 rings (SSSR count). The molecule has 0 spiro atoms. The third-order valence-electron chi connectivity index (χ3n) is 4.96. The van der Waals surface area contributed by atoms with Crippen molar-refractivity contribution in [2.75, 3.05) is 54.1 Å². The zero-order chi connectivity index (χ0) is 23.1. The Morgan fingerprint density at radius 3 is 2.69 bits per heavy atom. The van der Waals surface area contributed by atoms with Crippen molar-refractivity contribution in [1.82, 2.24) is 19.7 Å². The first kappa shape index (κ1) is 24.3. The molecule has 32 heavy (non-hydrogen) atoms. The van der Waals surface area contributed by atoms with Crippen LogP contribution in [0.5, 0.6) is 0 Å². The van der Waals surface area contributed by atoms with Crippen molar-refractivity contribution in [2.45, 2.75) is 44.0 Å². The second kappa shape index (κ2) is 11.5. The van der Waals surface area contributed by atoms with Gasteiger partial charge in [-0.2, -0.15) is 0 Å². The summed E-state index contributed by atoms with van der Waals surface area (Å²) in [6, 6.07) is 0. The number of nitrogens with two attached hydrogens (primary N) is 1. The average Bonchev–Trinajstić information content (AvgIpc) is 3.27. The van der Waals surface area contributed by atoms with Gasteiger partial charge in [0.2, 0.25) is 11.0 Å². The van der Waals surface area contributed by atoms with Crippen LogP contribution in [0.3, 0.4) is 0 Å². The van der Waals surface area contributed by atoms with Crippen molar-refractivity contribution in [1.29, 1.82) is 0 Å². The molecule has 3 heterocycles. The summed E-state index contributed by atoms with van der Waals surface area (Å²) in [4.78, 5) is 43.7. The predicted molar refractivity (Wildman–Crippen MR) is 127 cm³/mol. The third-order valence-corrected chi connectivity index (χ3v) is 7.07. The highest BCUT2D eigenvalue weighted by Crippen LogP contribution is 2.29. The lowest BCUT2D eigenvalue weighted by molar-refractivity contribution is -0.116. The fourth-order valence-corrected chi connectivity index (χ4v) is 5.07. The number of morpholine rings is 1. The van der Waals surface area contributed by atoms with Crippen molar-refractivity contribution >= 4 is 45.6 Å². The highest BCUT2D eigenvalue weighted by Gasteiger charge is 2.24. The standard InChI is InChI=1S/C19H29N7O4S2/c1-3-5-7-25(14-15(20)26(6-4-2)17(29)21-16(14)28)13(27)12-31-19-23-22-18(32-19)24-8-10-30-11-9-24/h3-12,20H2,1-2H3,(H,21,28,29). The van der Waals surface area contributed by atoms with Crippen LogP contribution in [0.2, 0.25) is 0 Å². The lowest BCUT2D eigenvalue weighted by atomic mass is 10.2. The smallest absolute Gasteiger partial charge is 0.330 e. The van der Waals surface area contributed by atoms with Gasteiger partial charge < -0.3 is 20.3 Å². The number of hydrogen-bond acceptors (Lipinski definition) is 10. The van der Waals surface area contributed by atoms with Gasteiger partial charge in [-0.3, -0.25) is 19.1 Å². The number of nitrogens with one attached hydrogen (secondary N) is 1. The maximum absolute atomic E-state index is 13.1. The Morgan fingerprint density at radius 1 is 1.25 bits per heavy atom. The molecule has 0 saturated carbocycles. The second-order valence-electron chi connectivity index (χ2n) is 7.28. The molecule has 1 fully saturated rings. The number of nitrogen functional groups attached to an aromatic ring is 1. The van der Waals surface area contributed by atoms with Crippen molar-refractivity contribution in [2.24, 2.45) is 0 Å². The van der Waals surface area contributed by atoms with Gasteiger partial charge in [-0.15, -0.1) is 10.2 Å². The first-order chi connectivity index (χ1) is 15.5. The van der Waals surface area contributed by atoms with Gasteiger partial charge in [-0.1, -0.05) is 43.4 Å². The van der Waals surface area contributed by atoms with Gasteiger partial charge in [0, 0.05) is 26.2 Å². The molecule has 2 aromatic rings. The van der Waals surface area contributed by atoms with Crippen LogP contribution in [0.15, 0.2) is 13.9 Å². The summed E-state index contributed by atoms with van der Waals surface area (Å²) in [7, 11) is 0. The highest BCUT2D eigenvalue weighted by molar-refractivity contribution is 8.01. The number of aromatic nitrogens is 4. The summed E-state index contributed by atoms with van der Waals surface area (Å²) in [6.07, 6.45) is 2.20. The van der Waals surface area contributed by atoms with E-state index in [4.69, 9.17) is 10.5 Å². The van der Waals surface area contributed by atoms with E-state index >= 15 is 0 Å². The van der Waals surface area contributed by atoms with Crippen LogP contribution in [-0.2, 0) is 16.1 Å². The Balaban J connectivity index is 1.77. The molecule has 0 aliphatic carbocycles. The Bertz CT molecular complexity index is 1030. The minimum atomic E-state index is -0.653. The van der Waals surface area contributed by atoms with Gasteiger partial charge in [0.1, 0.15) is 5.82 Å². The molecular formula is C19H29N7O4S2. The number of ether oxygens (including phenoxy) is 1. The summed E-state index contributed by atoms with van der Waals surface area (Å²) < 4.78 is 7.33. The number of anilines is 3. The molecule has 2 aromatic heterocycles. The molecule has 1 aliphatic heterocycles. The Labute approximate surface area is 194 Å². The molecular weight excluding hydrogens is 454 g/mol. The molecule has 0 aromatic carbocycles. The van der Waals surface area contributed by atoms with E-state index in [9.17, 15) is 14.4 Å². The van der Waals surface area contributed by atoms with Crippen LogP contribution < -0.4 is 26.8 Å². The van der Waals surface area contributed by atoms with Crippen molar-refractivity contribution in [3.05, 3.63) is 20.8 Å². The van der Waals surface area contributed by atoms with Crippen molar-refractivity contribution in [3.8, 4) is 0 Å². The second-order valence-corrected chi connectivity index (χ2v) is 9.46. The number of carbonyl (C=O) groups excluding carboxylic acids is 1. The Morgan fingerprint density at radius 2 is 2.00 bits per heavy atom. The topological polar surface area (TPSA) is 139 Å². The minimum absolute atomic E-state index is 0.0144. The number of H-pyrrole nitrogens is 1. The normalized spacial score (nSPS) is 14.0. The van der Waals surface area contributed by atoms with E-state index in [1.54, 1.807) is 0 Å². The number of nitrogens with zero attached hydrogens (tertiary/aromatic N) is 5. The first-order valence-electron chi connectivity index (χ1n) is 10.7. The van der Waals surface area contributed by atoms with E-state index in [0.29, 0.717) is 43.5 Å². The minimum Gasteiger partial charge on any atom is -0.383 e. The number of unbranched alkanes of at least 4 members (excludes halogenated alkanes) is 1. The molecule has 0 radical (unpaired) electrons. The number of aromatic amines is 1. The largest absolute Gasteiger partial charge is 0.383 e. The lowest BCUT2D eigenvalue weighted by Gasteiger charge is -2.25. The molecule has 0 unspecified atom stereocenters. The number of rotatable bonds is 10. The summed E-state index contributed by atoms with van der Waals surface area (Å²) >= 11 is 2.70. The van der Waals surface area contributed by atoms with E-state index in [1.807, 2.05) is 13.8 Å². The quantitative estimate of drug-likeness (QED) is 0.476. The van der Waals surface area contributed by atoms with Crippen molar-refractivity contribution in [3.63, 3.8) is 0 Å². The number of amides is 1. The van der Waals surface area contributed by atoms with E-state index in [1.165, 1.54) is 32.6 Å². The third kappa shape index (κ3) is 5.70. The molecule has 11 nitrogen and oxygen atoms in total. The molecule has 3 N–H and O–H groups in total. The van der Waals surface area contributed by atoms with Crippen molar-refractivity contribution < 1.29 is 9.53 Å². The Hall–Kier alpha value is -2.38. The van der Waals surface area contributed by atoms with Gasteiger partial charge in [0.25, 0.3) is 5.56 Å². The maximum Gasteiger partial charge on any atom is 0.330 e. The average molecular weight is 484 g/mol. The van der Waals surface area contributed by atoms with E-state index in [2.05, 4.69) is 20.1 Å². The van der Waals surface area contributed by atoms with Gasteiger partial charge in [0.15, 0.2) is 10.0 Å². The lowest BCUT2D eigenvalue weighted by Crippen LogP contribution is -2.42. The highest BCUT2D eigenvalue weighted by atomic mass is 32.2. The van der Waals surface area contributed by atoms with Gasteiger partial charge in [0.05, 0.1) is 19.0 Å². The molecule has 176 valence electrons. The Kier molecular flexibility index (Phi) is 8.70. The fraction of sp³-hybridized carbons (Fsp3) is 0.632. The van der Waals surface area contributed by atoms with Gasteiger partial charge in [-0.25, -0.2) is 4.79 Å². The fourth-order valence-electron chi connectivity index (χ4n) is 3.31. The van der Waals surface area contributed by atoms with Crippen LogP contribution in [0, 0.1) is 0 Å². The molecule has 0 bridgehead atoms.